The zero-order valence-corrected chi connectivity index (χ0v) is 41.8. The first-order valence-corrected chi connectivity index (χ1v) is 26.4. The summed E-state index contributed by atoms with van der Waals surface area (Å²) in [4.78, 5) is 9.77. The predicted octanol–water partition coefficient (Wildman–Crippen LogP) is 20.3. The van der Waals surface area contributed by atoms with Crippen LogP contribution in [-0.4, -0.2) is 0 Å². The van der Waals surface area contributed by atoms with Crippen molar-refractivity contribution < 1.29 is 0 Å². The van der Waals surface area contributed by atoms with E-state index in [-0.39, 0.29) is 0 Å². The van der Waals surface area contributed by atoms with Gasteiger partial charge in [-0.1, -0.05) is 176 Å². The van der Waals surface area contributed by atoms with Crippen LogP contribution in [0.5, 0.6) is 0 Å². The Balaban J connectivity index is 0.869. The van der Waals surface area contributed by atoms with Crippen molar-refractivity contribution >= 4 is 68.1 Å². The van der Waals surface area contributed by atoms with E-state index in [1.54, 1.807) is 0 Å². The van der Waals surface area contributed by atoms with E-state index in [2.05, 4.69) is 299 Å². The molecule has 0 radical (unpaired) electrons. The van der Waals surface area contributed by atoms with Gasteiger partial charge in [0.2, 0.25) is 0 Å². The zero-order chi connectivity index (χ0) is 50.1. The summed E-state index contributed by atoms with van der Waals surface area (Å²) in [6.07, 6.45) is 6.62. The number of hydrogen-bond acceptors (Lipinski definition) is 4. The predicted molar refractivity (Wildman–Crippen MR) is 319 cm³/mol. The minimum atomic E-state index is 0.956. The van der Waals surface area contributed by atoms with Gasteiger partial charge in [0.25, 0.3) is 0 Å². The summed E-state index contributed by atoms with van der Waals surface area (Å²) in [5, 5.41) is 0. The molecule has 0 bridgehead atoms. The van der Waals surface area contributed by atoms with Gasteiger partial charge in [-0.2, -0.15) is 0 Å². The van der Waals surface area contributed by atoms with Crippen LogP contribution in [0.3, 0.4) is 0 Å². The standard InChI is InChI=1S/C72H50N4/c1-2-20-56-55(19-1)61-25-7-13-31-67(61)74(68-32-14-8-26-62(56)68)52-43-37-49(38-44-52)73(50-39-45-53(46-40-50)75-69-33-15-9-27-63(69)57-21-3-4-22-58(57)64-28-10-16-34-70(64)75)51-41-47-54(48-42-51)76-71-35-17-11-29-65(71)59-23-5-6-24-60(59)66-30-12-18-36-72(66)76/h1-17,19-35,37-48H,18,36H2. The van der Waals surface area contributed by atoms with Gasteiger partial charge in [-0.3, -0.25) is 0 Å². The van der Waals surface area contributed by atoms with Gasteiger partial charge >= 0.3 is 0 Å². The van der Waals surface area contributed by atoms with Crippen LogP contribution >= 0.6 is 0 Å². The Morgan fingerprint density at radius 2 is 0.513 bits per heavy atom. The Labute approximate surface area is 444 Å². The molecule has 0 unspecified atom stereocenters. The van der Waals surface area contributed by atoms with E-state index >= 15 is 0 Å². The van der Waals surface area contributed by atoms with E-state index in [1.807, 2.05) is 0 Å². The van der Waals surface area contributed by atoms with Gasteiger partial charge in [-0.25, -0.2) is 0 Å². The highest BCUT2D eigenvalue weighted by Gasteiger charge is 2.30. The molecule has 76 heavy (non-hydrogen) atoms. The molecular formula is C72H50N4. The van der Waals surface area contributed by atoms with Gasteiger partial charge in [0.15, 0.2) is 0 Å². The van der Waals surface area contributed by atoms with E-state index in [0.29, 0.717) is 0 Å². The molecule has 0 saturated heterocycles. The fraction of sp³-hybridized carbons (Fsp3) is 0.0278. The summed E-state index contributed by atoms with van der Waals surface area (Å²) in [5.41, 5.74) is 28.5. The van der Waals surface area contributed by atoms with E-state index < -0.39 is 0 Å². The SMILES string of the molecule is C1=CC2=C(CC1)N(c1ccc(N(c3ccc(N4c5ccccc5-c5ccccc5-c5ccccc54)cc3)c3ccc(N4c5ccccc5-c5ccccc5-c5ccccc54)cc3)cc1)c1ccccc1-c1ccccc12. The van der Waals surface area contributed by atoms with Crippen LogP contribution in [0.1, 0.15) is 18.4 Å². The quantitative estimate of drug-likeness (QED) is 0.165. The summed E-state index contributed by atoms with van der Waals surface area (Å²) in [7, 11) is 0. The zero-order valence-electron chi connectivity index (χ0n) is 41.8. The summed E-state index contributed by atoms with van der Waals surface area (Å²) in [6, 6.07) is 98.1. The molecule has 3 heterocycles. The Bertz CT molecular complexity index is 3810. The van der Waals surface area contributed by atoms with Gasteiger partial charge < -0.3 is 19.6 Å². The van der Waals surface area contributed by atoms with Crippen LogP contribution in [0.15, 0.2) is 285 Å². The summed E-state index contributed by atoms with van der Waals surface area (Å²) in [6.45, 7) is 0. The van der Waals surface area contributed by atoms with Crippen molar-refractivity contribution in [1.82, 2.24) is 0 Å². The first kappa shape index (κ1) is 43.7. The highest BCUT2D eigenvalue weighted by molar-refractivity contribution is 6.05. The van der Waals surface area contributed by atoms with Crippen LogP contribution in [0.4, 0.5) is 62.6 Å². The van der Waals surface area contributed by atoms with E-state index in [0.717, 1.165) is 69.7 Å². The highest BCUT2D eigenvalue weighted by Crippen LogP contribution is 2.54. The Kier molecular flexibility index (Phi) is 10.3. The number of nitrogens with zero attached hydrogens (tertiary/aromatic N) is 4. The van der Waals surface area contributed by atoms with Crippen molar-refractivity contribution in [2.24, 2.45) is 0 Å². The molecule has 0 aromatic heterocycles. The number of para-hydroxylation sites is 5. The summed E-state index contributed by atoms with van der Waals surface area (Å²) < 4.78 is 0. The Morgan fingerprint density at radius 3 is 0.855 bits per heavy atom. The van der Waals surface area contributed by atoms with Gasteiger partial charge in [-0.05, 0) is 149 Å². The third-order valence-corrected chi connectivity index (χ3v) is 15.8. The Morgan fingerprint density at radius 1 is 0.250 bits per heavy atom. The van der Waals surface area contributed by atoms with Crippen molar-refractivity contribution in [2.45, 2.75) is 12.8 Å². The first-order valence-electron chi connectivity index (χ1n) is 26.4. The van der Waals surface area contributed by atoms with Gasteiger partial charge in [0, 0.05) is 73.2 Å². The fourth-order valence-electron chi connectivity index (χ4n) is 12.4. The van der Waals surface area contributed by atoms with Crippen LogP contribution in [0.2, 0.25) is 0 Å². The van der Waals surface area contributed by atoms with Crippen molar-refractivity contribution in [3.63, 3.8) is 0 Å². The summed E-state index contributed by atoms with van der Waals surface area (Å²) in [5.74, 6) is 0. The van der Waals surface area contributed by atoms with E-state index in [1.165, 1.54) is 78.2 Å². The molecule has 11 aromatic carbocycles. The molecule has 4 aliphatic rings. The average Bonchev–Trinajstić information content (AvgIpc) is 3.78. The molecule has 358 valence electrons. The number of anilines is 11. The molecule has 3 aliphatic heterocycles. The second-order valence-corrected chi connectivity index (χ2v) is 19.9. The fourth-order valence-corrected chi connectivity index (χ4v) is 12.4. The second-order valence-electron chi connectivity index (χ2n) is 19.9. The number of fused-ring (bicyclic) bond motifs is 14. The summed E-state index contributed by atoms with van der Waals surface area (Å²) >= 11 is 0. The molecule has 0 saturated carbocycles. The monoisotopic (exact) mass is 970 g/mol. The van der Waals surface area contributed by atoms with Gasteiger partial charge in [0.1, 0.15) is 0 Å². The van der Waals surface area contributed by atoms with Crippen LogP contribution in [0, 0.1) is 0 Å². The number of allylic oxidation sites excluding steroid dienone is 4. The molecule has 0 spiro atoms. The van der Waals surface area contributed by atoms with Crippen molar-refractivity contribution in [2.75, 3.05) is 19.6 Å². The molecule has 11 aromatic rings. The third kappa shape index (κ3) is 6.99. The first-order chi connectivity index (χ1) is 37.7. The third-order valence-electron chi connectivity index (χ3n) is 15.8. The maximum atomic E-state index is 2.51. The van der Waals surface area contributed by atoms with Crippen LogP contribution < -0.4 is 19.6 Å². The molecular weight excluding hydrogens is 921 g/mol. The lowest BCUT2D eigenvalue weighted by molar-refractivity contribution is 0.926. The lowest BCUT2D eigenvalue weighted by Crippen LogP contribution is -2.19. The maximum absolute atomic E-state index is 2.51. The van der Waals surface area contributed by atoms with Crippen LogP contribution in [-0.2, 0) is 0 Å². The van der Waals surface area contributed by atoms with Gasteiger partial charge in [-0.15, -0.1) is 0 Å². The molecule has 0 fully saturated rings. The molecule has 0 atom stereocenters. The lowest BCUT2D eigenvalue weighted by Gasteiger charge is -2.32. The number of hydrogen-bond donors (Lipinski definition) is 0. The largest absolute Gasteiger partial charge is 0.313 e. The van der Waals surface area contributed by atoms with Crippen molar-refractivity contribution in [3.8, 4) is 55.6 Å². The number of rotatable bonds is 6. The molecule has 15 rings (SSSR count). The lowest BCUT2D eigenvalue weighted by atomic mass is 9.91. The Hall–Kier alpha value is -9.90. The van der Waals surface area contributed by atoms with Gasteiger partial charge in [0.05, 0.1) is 28.4 Å². The topological polar surface area (TPSA) is 13.0 Å². The molecule has 4 nitrogen and oxygen atoms in total. The number of benzene rings is 11. The normalized spacial score (nSPS) is 13.5. The molecule has 1 aliphatic carbocycles. The minimum absolute atomic E-state index is 0.956. The minimum Gasteiger partial charge on any atom is -0.313 e. The smallest absolute Gasteiger partial charge is 0.0540 e. The second kappa shape index (κ2) is 17.9. The average molecular weight is 971 g/mol. The molecule has 0 N–H and O–H groups in total. The molecule has 4 heteroatoms. The molecule has 0 amide bonds. The van der Waals surface area contributed by atoms with Crippen molar-refractivity contribution in [1.29, 1.82) is 0 Å². The van der Waals surface area contributed by atoms with E-state index in [4.69, 9.17) is 0 Å². The van der Waals surface area contributed by atoms with Crippen LogP contribution in [0.25, 0.3) is 61.2 Å². The highest BCUT2D eigenvalue weighted by atomic mass is 15.2. The maximum Gasteiger partial charge on any atom is 0.0540 e. The van der Waals surface area contributed by atoms with Crippen molar-refractivity contribution in [3.05, 3.63) is 290 Å². The van der Waals surface area contributed by atoms with E-state index in [9.17, 15) is 0 Å².